The van der Waals surface area contributed by atoms with Crippen LogP contribution in [0, 0.1) is 6.92 Å². The van der Waals surface area contributed by atoms with Gasteiger partial charge in [-0.2, -0.15) is 0 Å². The Hall–Kier alpha value is -3.59. The lowest BCUT2D eigenvalue weighted by Crippen LogP contribution is -2.25. The summed E-state index contributed by atoms with van der Waals surface area (Å²) in [7, 11) is 1.61. The van der Waals surface area contributed by atoms with Crippen molar-refractivity contribution in [2.45, 2.75) is 19.8 Å². The molecule has 1 aliphatic heterocycles. The van der Waals surface area contributed by atoms with Crippen molar-refractivity contribution in [1.82, 2.24) is 4.98 Å². The molecule has 8 nitrogen and oxygen atoms in total. The van der Waals surface area contributed by atoms with Gasteiger partial charge in [-0.1, -0.05) is 0 Å². The van der Waals surface area contributed by atoms with Crippen LogP contribution < -0.4 is 24.8 Å². The second-order valence-corrected chi connectivity index (χ2v) is 8.35. The molecule has 166 valence electrons. The summed E-state index contributed by atoms with van der Waals surface area (Å²) >= 11 is 1.41. The number of nitrogens with zero attached hydrogens (tertiary/aromatic N) is 1. The van der Waals surface area contributed by atoms with Crippen LogP contribution in [0.3, 0.4) is 0 Å². The van der Waals surface area contributed by atoms with E-state index in [2.05, 4.69) is 15.6 Å². The predicted octanol–water partition coefficient (Wildman–Crippen LogP) is 4.26. The number of methoxy groups -OCH3 is 1. The molecule has 1 aliphatic rings. The highest BCUT2D eigenvalue weighted by molar-refractivity contribution is 7.16. The average Bonchev–Trinajstić information content (AvgIpc) is 3.16. The Labute approximate surface area is 189 Å². The van der Waals surface area contributed by atoms with Gasteiger partial charge in [0.2, 0.25) is 5.91 Å². The van der Waals surface area contributed by atoms with Crippen molar-refractivity contribution in [2.24, 2.45) is 0 Å². The topological polar surface area (TPSA) is 98.8 Å². The Bertz CT molecular complexity index is 1130. The van der Waals surface area contributed by atoms with Crippen molar-refractivity contribution in [3.63, 3.8) is 0 Å². The molecule has 0 radical (unpaired) electrons. The molecule has 0 spiro atoms. The van der Waals surface area contributed by atoms with Crippen LogP contribution in [0.1, 0.15) is 17.7 Å². The molecule has 1 aromatic heterocycles. The molecular formula is C23H23N3O5S. The van der Waals surface area contributed by atoms with Gasteiger partial charge in [0.15, 0.2) is 11.7 Å². The second-order valence-electron chi connectivity index (χ2n) is 7.15. The standard InChI is InChI=1S/C23H23N3O5S/c1-14-22(15-5-10-19-18(12-15)24-21(28)13-31-19)26-23(32-14)25-20(27)4-3-11-30-17-8-6-16(29-2)7-9-17/h5-10,12H,3-4,11,13H2,1-2H3,(H,24,28)(H,25,26,27). The molecule has 0 saturated heterocycles. The number of ether oxygens (including phenoxy) is 3. The number of thiazole rings is 1. The van der Waals surface area contributed by atoms with Crippen LogP contribution >= 0.6 is 11.3 Å². The Kier molecular flexibility index (Phi) is 6.55. The Morgan fingerprint density at radius 3 is 2.78 bits per heavy atom. The number of hydrogen-bond acceptors (Lipinski definition) is 7. The highest BCUT2D eigenvalue weighted by Gasteiger charge is 2.18. The van der Waals surface area contributed by atoms with Crippen molar-refractivity contribution in [3.8, 4) is 28.5 Å². The molecule has 4 rings (SSSR count). The molecule has 2 aromatic carbocycles. The number of carbonyl (C=O) groups is 2. The minimum atomic E-state index is -0.187. The number of aromatic nitrogens is 1. The molecule has 0 aliphatic carbocycles. The van der Waals surface area contributed by atoms with Gasteiger partial charge in [0.05, 0.1) is 25.1 Å². The fourth-order valence-corrected chi connectivity index (χ4v) is 4.08. The van der Waals surface area contributed by atoms with Crippen LogP contribution in [0.15, 0.2) is 42.5 Å². The van der Waals surface area contributed by atoms with Crippen molar-refractivity contribution in [3.05, 3.63) is 47.3 Å². The number of rotatable bonds is 8. The SMILES string of the molecule is COc1ccc(OCCCC(=O)Nc2nc(-c3ccc4c(c3)NC(=O)CO4)c(C)s2)cc1. The number of carbonyl (C=O) groups excluding carboxylic acids is 2. The van der Waals surface area contributed by atoms with E-state index >= 15 is 0 Å². The first-order valence-corrected chi connectivity index (χ1v) is 10.9. The Morgan fingerprint density at radius 1 is 1.22 bits per heavy atom. The number of aryl methyl sites for hydroxylation is 1. The summed E-state index contributed by atoms with van der Waals surface area (Å²) in [6, 6.07) is 12.8. The average molecular weight is 454 g/mol. The maximum Gasteiger partial charge on any atom is 0.262 e. The number of amides is 2. The second kappa shape index (κ2) is 9.69. The van der Waals surface area contributed by atoms with E-state index in [4.69, 9.17) is 14.2 Å². The van der Waals surface area contributed by atoms with E-state index in [1.54, 1.807) is 7.11 Å². The fraction of sp³-hybridized carbons (Fsp3) is 0.261. The summed E-state index contributed by atoms with van der Waals surface area (Å²) in [5.41, 5.74) is 2.22. The van der Waals surface area contributed by atoms with E-state index in [0.717, 1.165) is 27.6 Å². The molecule has 0 bridgehead atoms. The third-order valence-electron chi connectivity index (χ3n) is 4.81. The van der Waals surface area contributed by atoms with E-state index in [1.807, 2.05) is 49.4 Å². The van der Waals surface area contributed by atoms with E-state index in [1.165, 1.54) is 11.3 Å². The van der Waals surface area contributed by atoms with Gasteiger partial charge in [-0.3, -0.25) is 9.59 Å². The number of fused-ring (bicyclic) bond motifs is 1. The quantitative estimate of drug-likeness (QED) is 0.495. The number of anilines is 2. The van der Waals surface area contributed by atoms with Gasteiger partial charge in [0, 0.05) is 16.9 Å². The molecule has 0 unspecified atom stereocenters. The van der Waals surface area contributed by atoms with Gasteiger partial charge < -0.3 is 24.8 Å². The van der Waals surface area contributed by atoms with E-state index < -0.39 is 0 Å². The maximum absolute atomic E-state index is 12.3. The van der Waals surface area contributed by atoms with Gasteiger partial charge in [0.1, 0.15) is 17.2 Å². The zero-order chi connectivity index (χ0) is 22.5. The molecule has 2 N–H and O–H groups in total. The van der Waals surface area contributed by atoms with Crippen LogP contribution in [-0.2, 0) is 9.59 Å². The number of benzene rings is 2. The summed E-state index contributed by atoms with van der Waals surface area (Å²) in [5.74, 6) is 1.83. The largest absolute Gasteiger partial charge is 0.497 e. The molecular weight excluding hydrogens is 430 g/mol. The lowest BCUT2D eigenvalue weighted by Gasteiger charge is -2.18. The first kappa shape index (κ1) is 21.6. The summed E-state index contributed by atoms with van der Waals surface area (Å²) in [6.45, 7) is 2.40. The minimum absolute atomic E-state index is 0.0173. The predicted molar refractivity (Wildman–Crippen MR) is 123 cm³/mol. The molecule has 2 heterocycles. The summed E-state index contributed by atoms with van der Waals surface area (Å²) < 4.78 is 16.2. The summed E-state index contributed by atoms with van der Waals surface area (Å²) in [5, 5.41) is 6.20. The zero-order valence-electron chi connectivity index (χ0n) is 17.8. The Morgan fingerprint density at radius 2 is 2.00 bits per heavy atom. The van der Waals surface area contributed by atoms with Gasteiger partial charge in [-0.05, 0) is 55.8 Å². The van der Waals surface area contributed by atoms with Crippen molar-refractivity contribution in [1.29, 1.82) is 0 Å². The van der Waals surface area contributed by atoms with Crippen LogP contribution in [0.4, 0.5) is 10.8 Å². The Balaban J connectivity index is 1.30. The smallest absolute Gasteiger partial charge is 0.262 e. The number of hydrogen-bond donors (Lipinski definition) is 2. The summed E-state index contributed by atoms with van der Waals surface area (Å²) in [4.78, 5) is 29.4. The highest BCUT2D eigenvalue weighted by atomic mass is 32.1. The highest BCUT2D eigenvalue weighted by Crippen LogP contribution is 2.36. The third kappa shape index (κ3) is 5.17. The minimum Gasteiger partial charge on any atom is -0.497 e. The van der Waals surface area contributed by atoms with Crippen molar-refractivity contribution < 1.29 is 23.8 Å². The van der Waals surface area contributed by atoms with Gasteiger partial charge in [-0.25, -0.2) is 4.98 Å². The zero-order valence-corrected chi connectivity index (χ0v) is 18.6. The maximum atomic E-state index is 12.3. The fourth-order valence-electron chi connectivity index (χ4n) is 3.22. The van der Waals surface area contributed by atoms with E-state index in [0.29, 0.717) is 36.0 Å². The molecule has 9 heteroatoms. The first-order valence-electron chi connectivity index (χ1n) is 10.1. The first-order chi connectivity index (χ1) is 15.5. The molecule has 2 amide bonds. The normalized spacial score (nSPS) is 12.4. The molecule has 0 atom stereocenters. The monoisotopic (exact) mass is 453 g/mol. The van der Waals surface area contributed by atoms with Crippen molar-refractivity contribution >= 4 is 34.0 Å². The lowest BCUT2D eigenvalue weighted by molar-refractivity contribution is -0.118. The molecule has 0 fully saturated rings. The molecule has 0 saturated carbocycles. The third-order valence-corrected chi connectivity index (χ3v) is 5.69. The number of nitrogens with one attached hydrogen (secondary N) is 2. The van der Waals surface area contributed by atoms with Crippen molar-refractivity contribution in [2.75, 3.05) is 31.0 Å². The molecule has 3 aromatic rings. The van der Waals surface area contributed by atoms with Gasteiger partial charge in [0.25, 0.3) is 5.91 Å². The van der Waals surface area contributed by atoms with E-state index in [9.17, 15) is 9.59 Å². The van der Waals surface area contributed by atoms with Crippen LogP contribution in [0.2, 0.25) is 0 Å². The van der Waals surface area contributed by atoms with E-state index in [-0.39, 0.29) is 18.4 Å². The van der Waals surface area contributed by atoms with Gasteiger partial charge in [-0.15, -0.1) is 11.3 Å². The summed E-state index contributed by atoms with van der Waals surface area (Å²) in [6.07, 6.45) is 0.909. The lowest BCUT2D eigenvalue weighted by atomic mass is 10.1. The van der Waals surface area contributed by atoms with Crippen LogP contribution in [0.25, 0.3) is 11.3 Å². The molecule has 32 heavy (non-hydrogen) atoms. The van der Waals surface area contributed by atoms with Crippen LogP contribution in [0.5, 0.6) is 17.2 Å². The van der Waals surface area contributed by atoms with Crippen LogP contribution in [-0.4, -0.2) is 37.1 Å². The van der Waals surface area contributed by atoms with Gasteiger partial charge >= 0.3 is 0 Å².